The molecule has 0 bridgehead atoms. The van der Waals surface area contributed by atoms with Crippen LogP contribution in [-0.4, -0.2) is 27.9 Å². The molecule has 3 N–H and O–H groups in total. The molecule has 0 saturated carbocycles. The van der Waals surface area contributed by atoms with E-state index in [1.165, 1.54) is 16.3 Å². The molecule has 5 rings (SSSR count). The Kier molecular flexibility index (Phi) is 5.73. The quantitative estimate of drug-likeness (QED) is 0.328. The number of hydrogen-bond acceptors (Lipinski definition) is 5. The van der Waals surface area contributed by atoms with Gasteiger partial charge in [0, 0.05) is 11.6 Å². The Hall–Kier alpha value is -3.81. The topological polar surface area (TPSA) is 83.3 Å². The molecule has 2 unspecified atom stereocenters. The van der Waals surface area contributed by atoms with Gasteiger partial charge < -0.3 is 0 Å². The van der Waals surface area contributed by atoms with Crippen LogP contribution >= 0.6 is 0 Å². The Bertz CT molecular complexity index is 1320. The second-order valence-electron chi connectivity index (χ2n) is 8.26. The van der Waals surface area contributed by atoms with Crippen LogP contribution in [0, 0.1) is 13.8 Å². The minimum Gasteiger partial charge on any atom is -0.271 e. The van der Waals surface area contributed by atoms with E-state index in [2.05, 4.69) is 56.8 Å². The van der Waals surface area contributed by atoms with Crippen LogP contribution in [0.25, 0.3) is 16.5 Å². The molecule has 3 aromatic carbocycles. The fraction of sp³-hybridized carbons (Fsp3) is 0.192. The third-order valence-corrected chi connectivity index (χ3v) is 6.13. The summed E-state index contributed by atoms with van der Waals surface area (Å²) >= 11 is 0. The van der Waals surface area contributed by atoms with Gasteiger partial charge in [0.1, 0.15) is 6.04 Å². The minimum absolute atomic E-state index is 0.0458. The minimum atomic E-state index is -0.375. The fourth-order valence-electron chi connectivity index (χ4n) is 4.39. The number of nitrogens with one attached hydrogen (secondary N) is 3. The van der Waals surface area contributed by atoms with Crippen molar-refractivity contribution in [3.8, 4) is 5.69 Å². The molecule has 0 aliphatic carbocycles. The van der Waals surface area contributed by atoms with Crippen molar-refractivity contribution in [2.75, 3.05) is 0 Å². The van der Waals surface area contributed by atoms with Gasteiger partial charge in [-0.05, 0) is 48.7 Å². The van der Waals surface area contributed by atoms with Gasteiger partial charge in [0.25, 0.3) is 5.91 Å². The van der Waals surface area contributed by atoms with Gasteiger partial charge in [-0.15, -0.1) is 0 Å². The first-order valence-corrected chi connectivity index (χ1v) is 11.0. The molecular weight excluding hydrogens is 412 g/mol. The molecule has 0 radical (unpaired) electrons. The summed E-state index contributed by atoms with van der Waals surface area (Å²) in [5.74, 6) is -0.174. The Labute approximate surface area is 192 Å². The van der Waals surface area contributed by atoms with E-state index in [0.717, 1.165) is 22.6 Å². The Morgan fingerprint density at radius 1 is 1.03 bits per heavy atom. The zero-order chi connectivity index (χ0) is 22.8. The molecule has 0 spiro atoms. The van der Waals surface area contributed by atoms with Crippen LogP contribution in [0.5, 0.6) is 0 Å². The van der Waals surface area contributed by atoms with Crippen molar-refractivity contribution in [2.24, 2.45) is 5.10 Å². The highest BCUT2D eigenvalue weighted by Crippen LogP contribution is 2.29. The van der Waals surface area contributed by atoms with E-state index >= 15 is 0 Å². The molecule has 1 amide bonds. The summed E-state index contributed by atoms with van der Waals surface area (Å²) in [6.07, 6.45) is 2.30. The van der Waals surface area contributed by atoms with Gasteiger partial charge in [0.15, 0.2) is 0 Å². The molecule has 2 heterocycles. The number of amides is 1. The summed E-state index contributed by atoms with van der Waals surface area (Å²) in [4.78, 5) is 12.7. The van der Waals surface area contributed by atoms with Crippen molar-refractivity contribution in [3.05, 3.63) is 95.3 Å². The van der Waals surface area contributed by atoms with E-state index in [1.807, 2.05) is 61.0 Å². The van der Waals surface area contributed by atoms with E-state index in [-0.39, 0.29) is 18.0 Å². The summed E-state index contributed by atoms with van der Waals surface area (Å²) < 4.78 is 1.88. The van der Waals surface area contributed by atoms with Gasteiger partial charge in [-0.2, -0.15) is 10.2 Å². The number of fused-ring (bicyclic) bond motifs is 1. The molecule has 1 fully saturated rings. The molecule has 1 saturated heterocycles. The number of carbonyl (C=O) groups excluding carboxylic acids is 1. The zero-order valence-corrected chi connectivity index (χ0v) is 18.6. The lowest BCUT2D eigenvalue weighted by atomic mass is 9.96. The molecule has 1 aliphatic heterocycles. The SMILES string of the molecule is Cc1nn(-c2ccccc2)c(C)c1/C=N/NC(=O)C1CC(c2cccc3ccccc23)NN1. The van der Waals surface area contributed by atoms with Gasteiger partial charge in [-0.25, -0.2) is 21.0 Å². The number of benzene rings is 3. The third kappa shape index (κ3) is 4.16. The lowest BCUT2D eigenvalue weighted by Gasteiger charge is -2.13. The lowest BCUT2D eigenvalue weighted by molar-refractivity contribution is -0.122. The molecule has 2 atom stereocenters. The van der Waals surface area contributed by atoms with Crippen molar-refractivity contribution < 1.29 is 4.79 Å². The first-order valence-electron chi connectivity index (χ1n) is 11.0. The maximum Gasteiger partial charge on any atom is 0.258 e. The van der Waals surface area contributed by atoms with E-state index in [4.69, 9.17) is 0 Å². The van der Waals surface area contributed by atoms with Gasteiger partial charge in [0.05, 0.1) is 23.3 Å². The number of para-hydroxylation sites is 1. The van der Waals surface area contributed by atoms with Crippen molar-refractivity contribution in [1.82, 2.24) is 26.1 Å². The molecule has 166 valence electrons. The maximum absolute atomic E-state index is 12.7. The van der Waals surface area contributed by atoms with Crippen LogP contribution in [0.1, 0.15) is 35.0 Å². The maximum atomic E-state index is 12.7. The molecule has 1 aliphatic rings. The number of rotatable bonds is 5. The van der Waals surface area contributed by atoms with E-state index in [1.54, 1.807) is 6.21 Å². The highest BCUT2D eigenvalue weighted by molar-refractivity contribution is 5.88. The van der Waals surface area contributed by atoms with Crippen LogP contribution in [0.2, 0.25) is 0 Å². The van der Waals surface area contributed by atoms with Crippen molar-refractivity contribution in [3.63, 3.8) is 0 Å². The molecule has 33 heavy (non-hydrogen) atoms. The van der Waals surface area contributed by atoms with Crippen LogP contribution in [0.15, 0.2) is 77.9 Å². The van der Waals surface area contributed by atoms with Crippen molar-refractivity contribution in [1.29, 1.82) is 0 Å². The number of aromatic nitrogens is 2. The van der Waals surface area contributed by atoms with Gasteiger partial charge in [-0.3, -0.25) is 4.79 Å². The summed E-state index contributed by atoms with van der Waals surface area (Å²) in [5.41, 5.74) is 13.9. The molecule has 7 nitrogen and oxygen atoms in total. The third-order valence-electron chi connectivity index (χ3n) is 6.13. The highest BCUT2D eigenvalue weighted by Gasteiger charge is 2.30. The lowest BCUT2D eigenvalue weighted by Crippen LogP contribution is -2.41. The monoisotopic (exact) mass is 438 g/mol. The smallest absolute Gasteiger partial charge is 0.258 e. The highest BCUT2D eigenvalue weighted by atomic mass is 16.2. The summed E-state index contributed by atoms with van der Waals surface area (Å²) in [5, 5.41) is 11.2. The average molecular weight is 439 g/mol. The second-order valence-corrected chi connectivity index (χ2v) is 8.26. The van der Waals surface area contributed by atoms with Gasteiger partial charge in [-0.1, -0.05) is 60.7 Å². The average Bonchev–Trinajstić information content (AvgIpc) is 3.45. The van der Waals surface area contributed by atoms with Crippen molar-refractivity contribution >= 4 is 22.9 Å². The Morgan fingerprint density at radius 2 is 1.79 bits per heavy atom. The number of aryl methyl sites for hydroxylation is 1. The molecule has 1 aromatic heterocycles. The number of hydrazone groups is 1. The summed E-state index contributed by atoms with van der Waals surface area (Å²) in [6.45, 7) is 3.93. The first kappa shape index (κ1) is 21.1. The van der Waals surface area contributed by atoms with Crippen LogP contribution in [0.4, 0.5) is 0 Å². The van der Waals surface area contributed by atoms with Gasteiger partial charge >= 0.3 is 0 Å². The first-order chi connectivity index (χ1) is 16.1. The fourth-order valence-corrected chi connectivity index (χ4v) is 4.39. The number of nitrogens with zero attached hydrogens (tertiary/aromatic N) is 3. The Morgan fingerprint density at radius 3 is 2.64 bits per heavy atom. The van der Waals surface area contributed by atoms with E-state index < -0.39 is 0 Å². The predicted molar refractivity (Wildman–Crippen MR) is 130 cm³/mol. The molecule has 4 aromatic rings. The van der Waals surface area contributed by atoms with Crippen LogP contribution in [0.3, 0.4) is 0 Å². The summed E-state index contributed by atoms with van der Waals surface area (Å²) in [7, 11) is 0. The van der Waals surface area contributed by atoms with Crippen molar-refractivity contribution in [2.45, 2.75) is 32.4 Å². The number of hydrogen-bond donors (Lipinski definition) is 3. The largest absolute Gasteiger partial charge is 0.271 e. The zero-order valence-electron chi connectivity index (χ0n) is 18.6. The standard InChI is InChI=1S/C26H26N6O/c1-17-23(18(2)32(31-17)20-11-4-3-5-12-20)16-27-30-26(33)25-15-24(28-29-25)22-14-8-10-19-9-6-7-13-21(19)22/h3-14,16,24-25,28-29H,15H2,1-2H3,(H,30,33)/b27-16+. The van der Waals surface area contributed by atoms with Crippen LogP contribution < -0.4 is 16.3 Å². The van der Waals surface area contributed by atoms with E-state index in [9.17, 15) is 4.79 Å². The normalized spacial score (nSPS) is 18.2. The van der Waals surface area contributed by atoms with E-state index in [0.29, 0.717) is 6.42 Å². The Balaban J connectivity index is 1.25. The number of carbonyl (C=O) groups is 1. The number of hydrazine groups is 1. The summed E-state index contributed by atoms with van der Waals surface area (Å²) in [6, 6.07) is 24.2. The van der Waals surface area contributed by atoms with Gasteiger partial charge in [0.2, 0.25) is 0 Å². The second kappa shape index (κ2) is 8.97. The molecular formula is C26H26N6O. The molecule has 7 heteroatoms. The predicted octanol–water partition coefficient (Wildman–Crippen LogP) is 3.70. The van der Waals surface area contributed by atoms with Crippen LogP contribution in [-0.2, 0) is 4.79 Å².